The highest BCUT2D eigenvalue weighted by Gasteiger charge is 2.56. The van der Waals surface area contributed by atoms with Crippen molar-refractivity contribution < 1.29 is 28.7 Å². The van der Waals surface area contributed by atoms with Gasteiger partial charge in [-0.2, -0.15) is 0 Å². The molecule has 1 saturated heterocycles. The number of anilines is 1. The van der Waals surface area contributed by atoms with Crippen LogP contribution in [0.5, 0.6) is 5.75 Å². The Kier molecular flexibility index (Phi) is 5.94. The number of carbonyl (C=O) groups is 4. The van der Waals surface area contributed by atoms with E-state index in [-0.39, 0.29) is 35.6 Å². The summed E-state index contributed by atoms with van der Waals surface area (Å²) in [6.07, 6.45) is 3.96. The largest absolute Gasteiger partial charge is 0.508 e. The molecular formula is C37H28N2O6. The standard InChI is InChI=1S/C37H28N2O6/c1-18-15-21(9-14-28(18)40)31-23-12-13-24-32(25(23)17-26-33(31)29(41)16-19(2)34(26)42)37(44)39(36(24)43)22-10-7-20(8-11-22)35-38-27-5-3-4-6-30(27)45-35/h3-12,14-16,24-25,31-32,40H,13,17H2,1-2H3. The molecule has 0 spiro atoms. The van der Waals surface area contributed by atoms with Gasteiger partial charge in [0.15, 0.2) is 17.1 Å². The van der Waals surface area contributed by atoms with E-state index in [4.69, 9.17) is 4.42 Å². The minimum atomic E-state index is -0.668. The van der Waals surface area contributed by atoms with Crippen molar-refractivity contribution in [1.82, 2.24) is 4.98 Å². The van der Waals surface area contributed by atoms with E-state index in [1.807, 2.05) is 36.4 Å². The first-order chi connectivity index (χ1) is 21.7. The average Bonchev–Trinajstić information content (AvgIpc) is 3.59. The van der Waals surface area contributed by atoms with Gasteiger partial charge in [-0.15, -0.1) is 0 Å². The summed E-state index contributed by atoms with van der Waals surface area (Å²) >= 11 is 0. The third-order valence-electron chi connectivity index (χ3n) is 9.78. The molecular weight excluding hydrogens is 568 g/mol. The SMILES string of the molecule is CC1=CC(=O)C2=C(CC3C(=CCC4C(=O)N(c5ccc(-c6nc7ccccc7o6)cc5)C(=O)C43)C2c2ccc(O)c(C)c2)C1=O. The van der Waals surface area contributed by atoms with Crippen LogP contribution < -0.4 is 4.90 Å². The molecule has 3 aliphatic carbocycles. The van der Waals surface area contributed by atoms with Gasteiger partial charge in [0.2, 0.25) is 17.7 Å². The minimum absolute atomic E-state index is 0.133. The molecule has 8 rings (SSSR count). The number of hydrogen-bond donors (Lipinski definition) is 1. The van der Waals surface area contributed by atoms with E-state index < -0.39 is 23.7 Å². The van der Waals surface area contributed by atoms with Crippen LogP contribution in [0.25, 0.3) is 22.6 Å². The summed E-state index contributed by atoms with van der Waals surface area (Å²) in [5.74, 6) is -2.62. The summed E-state index contributed by atoms with van der Waals surface area (Å²) < 4.78 is 5.89. The second-order valence-corrected chi connectivity index (χ2v) is 12.3. The summed E-state index contributed by atoms with van der Waals surface area (Å²) in [5, 5.41) is 10.2. The zero-order chi connectivity index (χ0) is 31.1. The zero-order valence-corrected chi connectivity index (χ0v) is 24.6. The Bertz CT molecular complexity index is 2060. The van der Waals surface area contributed by atoms with Gasteiger partial charge in [-0.25, -0.2) is 4.98 Å². The molecule has 4 unspecified atom stereocenters. The molecule has 0 saturated carbocycles. The number of aryl methyl sites for hydroxylation is 1. The maximum atomic E-state index is 14.2. The number of ketones is 2. The number of carbonyl (C=O) groups excluding carboxylic acids is 4. The molecule has 4 aromatic rings. The first-order valence-electron chi connectivity index (χ1n) is 15.0. The first kappa shape index (κ1) is 27.2. The fourth-order valence-corrected chi connectivity index (χ4v) is 7.62. The number of phenolic OH excluding ortho intramolecular Hbond substituents is 1. The van der Waals surface area contributed by atoms with Crippen LogP contribution in [0.1, 0.15) is 36.8 Å². The van der Waals surface area contributed by atoms with Crippen molar-refractivity contribution in [3.63, 3.8) is 0 Å². The number of oxazole rings is 1. The topological polar surface area (TPSA) is 118 Å². The Morgan fingerprint density at radius 1 is 0.911 bits per heavy atom. The molecule has 222 valence electrons. The molecule has 0 radical (unpaired) electrons. The number of para-hydroxylation sites is 2. The van der Waals surface area contributed by atoms with Gasteiger partial charge in [0, 0.05) is 28.2 Å². The molecule has 0 bridgehead atoms. The molecule has 1 fully saturated rings. The molecule has 1 aromatic heterocycles. The number of hydrogen-bond acceptors (Lipinski definition) is 7. The van der Waals surface area contributed by atoms with Crippen LogP contribution >= 0.6 is 0 Å². The number of allylic oxidation sites excluding steroid dienone is 6. The first-order valence-corrected chi connectivity index (χ1v) is 15.0. The fourth-order valence-electron chi connectivity index (χ4n) is 7.62. The maximum absolute atomic E-state index is 14.2. The summed E-state index contributed by atoms with van der Waals surface area (Å²) in [5.41, 5.74) is 6.10. The monoisotopic (exact) mass is 596 g/mol. The third-order valence-corrected chi connectivity index (χ3v) is 9.78. The molecule has 45 heavy (non-hydrogen) atoms. The number of phenols is 1. The van der Waals surface area contributed by atoms with Crippen LogP contribution in [0.4, 0.5) is 5.69 Å². The third kappa shape index (κ3) is 4.01. The van der Waals surface area contributed by atoms with Crippen molar-refractivity contribution in [2.45, 2.75) is 32.6 Å². The van der Waals surface area contributed by atoms with Gasteiger partial charge in [0.05, 0.1) is 17.5 Å². The molecule has 8 heteroatoms. The Morgan fingerprint density at radius 3 is 2.44 bits per heavy atom. The summed E-state index contributed by atoms with van der Waals surface area (Å²) in [7, 11) is 0. The lowest BCUT2D eigenvalue weighted by Gasteiger charge is -2.42. The Hall–Kier alpha value is -5.37. The van der Waals surface area contributed by atoms with E-state index in [0.29, 0.717) is 45.9 Å². The van der Waals surface area contributed by atoms with Crippen LogP contribution in [0.15, 0.2) is 106 Å². The lowest BCUT2D eigenvalue weighted by molar-refractivity contribution is -0.123. The van der Waals surface area contributed by atoms with Crippen molar-refractivity contribution in [1.29, 1.82) is 0 Å². The Balaban J connectivity index is 1.16. The van der Waals surface area contributed by atoms with Gasteiger partial charge >= 0.3 is 0 Å². The lowest BCUT2D eigenvalue weighted by atomic mass is 9.59. The Labute approximate surface area is 258 Å². The zero-order valence-electron chi connectivity index (χ0n) is 24.6. The van der Waals surface area contributed by atoms with Crippen molar-refractivity contribution in [2.24, 2.45) is 17.8 Å². The molecule has 1 aliphatic heterocycles. The van der Waals surface area contributed by atoms with Crippen LogP contribution in [0.2, 0.25) is 0 Å². The number of nitrogens with zero attached hydrogens (tertiary/aromatic N) is 2. The van der Waals surface area contributed by atoms with Gasteiger partial charge in [-0.3, -0.25) is 24.1 Å². The lowest BCUT2D eigenvalue weighted by Crippen LogP contribution is -2.39. The van der Waals surface area contributed by atoms with Gasteiger partial charge < -0.3 is 9.52 Å². The summed E-state index contributed by atoms with van der Waals surface area (Å²) in [4.78, 5) is 60.8. The highest BCUT2D eigenvalue weighted by atomic mass is 16.3. The normalized spacial score (nSPS) is 24.4. The highest BCUT2D eigenvalue weighted by Crippen LogP contribution is 2.55. The van der Waals surface area contributed by atoms with Crippen LogP contribution in [0, 0.1) is 24.7 Å². The smallest absolute Gasteiger partial charge is 0.238 e. The minimum Gasteiger partial charge on any atom is -0.508 e. The summed E-state index contributed by atoms with van der Waals surface area (Å²) in [6.45, 7) is 3.42. The second-order valence-electron chi connectivity index (χ2n) is 12.3. The Morgan fingerprint density at radius 2 is 1.69 bits per heavy atom. The highest BCUT2D eigenvalue weighted by molar-refractivity contribution is 6.25. The van der Waals surface area contributed by atoms with Crippen LogP contribution in [-0.2, 0) is 19.2 Å². The number of aromatic nitrogens is 1. The number of imide groups is 1. The number of amides is 2. The molecule has 4 atom stereocenters. The molecule has 2 amide bonds. The number of aromatic hydroxyl groups is 1. The van der Waals surface area contributed by atoms with Crippen molar-refractivity contribution in [3.05, 3.63) is 112 Å². The van der Waals surface area contributed by atoms with Gasteiger partial charge in [0.25, 0.3) is 0 Å². The van der Waals surface area contributed by atoms with E-state index in [0.717, 1.165) is 22.2 Å². The van der Waals surface area contributed by atoms with E-state index in [9.17, 15) is 24.3 Å². The van der Waals surface area contributed by atoms with E-state index in [1.54, 1.807) is 50.2 Å². The molecule has 4 aliphatic rings. The number of rotatable bonds is 3. The van der Waals surface area contributed by atoms with E-state index >= 15 is 0 Å². The van der Waals surface area contributed by atoms with Crippen molar-refractivity contribution in [2.75, 3.05) is 4.90 Å². The van der Waals surface area contributed by atoms with Gasteiger partial charge in [0.1, 0.15) is 11.3 Å². The average molecular weight is 597 g/mol. The van der Waals surface area contributed by atoms with E-state index in [1.165, 1.54) is 11.0 Å². The number of benzene rings is 3. The number of fused-ring (bicyclic) bond motifs is 4. The number of Topliss-reactive ketones (excluding diaryl/α,β-unsaturated/α-hetero) is 1. The molecule has 2 heterocycles. The second kappa shape index (κ2) is 9.82. The molecule has 1 N–H and O–H groups in total. The van der Waals surface area contributed by atoms with Gasteiger partial charge in [-0.1, -0.05) is 35.9 Å². The summed E-state index contributed by atoms with van der Waals surface area (Å²) in [6, 6.07) is 19.7. The van der Waals surface area contributed by atoms with Crippen LogP contribution in [0.3, 0.4) is 0 Å². The van der Waals surface area contributed by atoms with Gasteiger partial charge in [-0.05, 0) is 92.3 Å². The predicted octanol–water partition coefficient (Wildman–Crippen LogP) is 6.14. The van der Waals surface area contributed by atoms with E-state index in [2.05, 4.69) is 4.98 Å². The molecule has 3 aromatic carbocycles. The molecule has 8 nitrogen and oxygen atoms in total. The predicted molar refractivity (Wildman–Crippen MR) is 166 cm³/mol. The van der Waals surface area contributed by atoms with Crippen LogP contribution in [-0.4, -0.2) is 33.5 Å². The maximum Gasteiger partial charge on any atom is 0.238 e. The quantitative estimate of drug-likeness (QED) is 0.171. The fraction of sp³-hybridized carbons (Fsp3) is 0.216. The van der Waals surface area contributed by atoms with Crippen molar-refractivity contribution >= 4 is 40.2 Å². The van der Waals surface area contributed by atoms with Crippen molar-refractivity contribution in [3.8, 4) is 17.2 Å².